The third-order valence-electron chi connectivity index (χ3n) is 11.8. The molecule has 15 nitrogen and oxygen atoms in total. The van der Waals surface area contributed by atoms with Crippen molar-refractivity contribution in [2.45, 2.75) is 235 Å². The minimum absolute atomic E-state index is 0.153. The van der Waals surface area contributed by atoms with Crippen LogP contribution in [0.25, 0.3) is 0 Å². The number of carbonyl (C=O) groups is 2. The second kappa shape index (κ2) is 38.3. The summed E-state index contributed by atoms with van der Waals surface area (Å²) in [5, 5.41) is 72.0. The van der Waals surface area contributed by atoms with Crippen molar-refractivity contribution in [3.8, 4) is 0 Å². The summed E-state index contributed by atoms with van der Waals surface area (Å²) in [5.41, 5.74) is 0. The molecule has 0 saturated carbocycles. The van der Waals surface area contributed by atoms with Crippen LogP contribution in [0.3, 0.4) is 0 Å². The van der Waals surface area contributed by atoms with Crippen LogP contribution in [0.4, 0.5) is 0 Å². The number of aliphatic hydroxyl groups is 7. The molecular weight excluding hydrogens is 853 g/mol. The van der Waals surface area contributed by atoms with Gasteiger partial charge in [0.1, 0.15) is 55.4 Å². The van der Waals surface area contributed by atoms with Crippen LogP contribution in [-0.4, -0.2) is 142 Å². The second-order valence-corrected chi connectivity index (χ2v) is 17.6. The van der Waals surface area contributed by atoms with Gasteiger partial charge < -0.3 is 64.2 Å². The van der Waals surface area contributed by atoms with Gasteiger partial charge in [-0.2, -0.15) is 0 Å². The van der Waals surface area contributed by atoms with Gasteiger partial charge in [-0.1, -0.05) is 133 Å². The molecule has 11 atom stereocenters. The quantitative estimate of drug-likeness (QED) is 0.0194. The Morgan fingerprint density at radius 2 is 0.924 bits per heavy atom. The van der Waals surface area contributed by atoms with E-state index in [0.717, 1.165) is 64.2 Å². The molecule has 0 aliphatic carbocycles. The van der Waals surface area contributed by atoms with Gasteiger partial charge in [-0.25, -0.2) is 0 Å². The Bertz CT molecular complexity index is 1340. The molecule has 2 aliphatic heterocycles. The Morgan fingerprint density at radius 3 is 1.52 bits per heavy atom. The minimum Gasteiger partial charge on any atom is -0.462 e. The maximum Gasteiger partial charge on any atom is 0.306 e. The Morgan fingerprint density at radius 1 is 0.485 bits per heavy atom. The lowest BCUT2D eigenvalue weighted by Gasteiger charge is -2.42. The van der Waals surface area contributed by atoms with E-state index < -0.39 is 99.3 Å². The number of rotatable bonds is 38. The molecular formula is C51H88O15. The van der Waals surface area contributed by atoms with E-state index in [1.54, 1.807) is 0 Å². The molecule has 4 unspecified atom stereocenters. The molecule has 0 aromatic heterocycles. The lowest BCUT2D eigenvalue weighted by atomic mass is 9.98. The topological polar surface area (TPSA) is 231 Å². The van der Waals surface area contributed by atoms with Gasteiger partial charge in [0, 0.05) is 12.8 Å². The summed E-state index contributed by atoms with van der Waals surface area (Å²) in [4.78, 5) is 25.7. The van der Waals surface area contributed by atoms with E-state index in [9.17, 15) is 45.3 Å². The average Bonchev–Trinajstić information content (AvgIpc) is 3.31. The Balaban J connectivity index is 1.84. The van der Waals surface area contributed by atoms with Gasteiger partial charge >= 0.3 is 11.9 Å². The summed E-state index contributed by atoms with van der Waals surface area (Å²) in [5.74, 6) is -0.974. The summed E-state index contributed by atoms with van der Waals surface area (Å²) >= 11 is 0. The zero-order valence-corrected chi connectivity index (χ0v) is 40.2. The van der Waals surface area contributed by atoms with E-state index >= 15 is 0 Å². The first-order chi connectivity index (χ1) is 32.0. The Kier molecular flexibility index (Phi) is 34.6. The van der Waals surface area contributed by atoms with E-state index in [2.05, 4.69) is 62.5 Å². The van der Waals surface area contributed by atoms with Crippen LogP contribution in [0, 0.1) is 0 Å². The molecule has 7 N–H and O–H groups in total. The monoisotopic (exact) mass is 941 g/mol. The number of aliphatic hydroxyl groups excluding tert-OH is 7. The van der Waals surface area contributed by atoms with Crippen LogP contribution in [0.2, 0.25) is 0 Å². The minimum atomic E-state index is -1.77. The summed E-state index contributed by atoms with van der Waals surface area (Å²) in [6.07, 6.45) is 24.3. The number of carbonyl (C=O) groups excluding carboxylic acids is 2. The SMILES string of the molecule is CCCC/C=C/CCCCCCCCCCCC(=O)O[C@H](COC(=O)CCCC/C=C/C/C=C/C/C=C/CCCCC)CO[C@@H]1O[C@H](CO[C@@H]2O[C@H](CO)[C@H](O)C(O)C2O)[C@H](O)C(O)C1O. The summed E-state index contributed by atoms with van der Waals surface area (Å²) in [6.45, 7) is 2.48. The van der Waals surface area contributed by atoms with Crippen molar-refractivity contribution in [1.82, 2.24) is 0 Å². The van der Waals surface area contributed by atoms with E-state index in [1.165, 1.54) is 64.2 Å². The van der Waals surface area contributed by atoms with Gasteiger partial charge in [0.05, 0.1) is 19.8 Å². The van der Waals surface area contributed by atoms with Crippen molar-refractivity contribution in [2.24, 2.45) is 0 Å². The van der Waals surface area contributed by atoms with Gasteiger partial charge in [0.2, 0.25) is 0 Å². The fourth-order valence-corrected chi connectivity index (χ4v) is 7.56. The third-order valence-corrected chi connectivity index (χ3v) is 11.8. The van der Waals surface area contributed by atoms with Crippen LogP contribution in [-0.2, 0) is 38.0 Å². The molecule has 0 bridgehead atoms. The number of esters is 2. The highest BCUT2D eigenvalue weighted by Crippen LogP contribution is 2.26. The van der Waals surface area contributed by atoms with Crippen molar-refractivity contribution < 1.29 is 73.8 Å². The van der Waals surface area contributed by atoms with Gasteiger partial charge in [-0.05, 0) is 70.6 Å². The highest BCUT2D eigenvalue weighted by Gasteiger charge is 2.47. The van der Waals surface area contributed by atoms with Crippen molar-refractivity contribution in [1.29, 1.82) is 0 Å². The molecule has 0 amide bonds. The van der Waals surface area contributed by atoms with Crippen molar-refractivity contribution in [3.63, 3.8) is 0 Å². The van der Waals surface area contributed by atoms with E-state index in [1.807, 2.05) is 0 Å². The fraction of sp³-hybridized carbons (Fsp3) is 0.804. The number of hydrogen-bond donors (Lipinski definition) is 7. The molecule has 2 fully saturated rings. The molecule has 2 saturated heterocycles. The maximum absolute atomic E-state index is 13.0. The van der Waals surface area contributed by atoms with Crippen molar-refractivity contribution in [3.05, 3.63) is 48.6 Å². The molecule has 0 spiro atoms. The smallest absolute Gasteiger partial charge is 0.306 e. The molecule has 382 valence electrons. The summed E-state index contributed by atoms with van der Waals surface area (Å²) in [6, 6.07) is 0. The van der Waals surface area contributed by atoms with Crippen LogP contribution in [0.1, 0.15) is 168 Å². The largest absolute Gasteiger partial charge is 0.462 e. The highest BCUT2D eigenvalue weighted by atomic mass is 16.7. The normalized spacial score (nSPS) is 26.6. The van der Waals surface area contributed by atoms with Gasteiger partial charge in [-0.3, -0.25) is 9.59 Å². The summed E-state index contributed by atoms with van der Waals surface area (Å²) < 4.78 is 33.5. The number of ether oxygens (including phenoxy) is 6. The first-order valence-corrected chi connectivity index (χ1v) is 25.2. The number of unbranched alkanes of at least 4 members (excludes halogenated alkanes) is 16. The van der Waals surface area contributed by atoms with E-state index in [-0.39, 0.29) is 19.4 Å². The van der Waals surface area contributed by atoms with Crippen molar-refractivity contribution in [2.75, 3.05) is 26.4 Å². The highest BCUT2D eigenvalue weighted by molar-refractivity contribution is 5.70. The molecule has 0 aromatic rings. The van der Waals surface area contributed by atoms with Crippen LogP contribution in [0.15, 0.2) is 48.6 Å². The molecule has 2 rings (SSSR count). The molecule has 0 aromatic carbocycles. The first-order valence-electron chi connectivity index (χ1n) is 25.2. The third kappa shape index (κ3) is 26.3. The fourth-order valence-electron chi connectivity index (χ4n) is 7.56. The standard InChI is InChI=1S/C51H88O15/c1-3-5-7-9-11-13-15-17-19-21-23-25-27-29-31-33-42(53)61-36-39(64-43(54)34-32-30-28-26-24-22-20-18-16-14-12-10-8-6-4-2)37-62-50-49(60)47(58)45(56)41(66-50)38-63-51-48(59)46(57)44(55)40(35-52)65-51/h10-13,17,19,23,25,39-41,44-52,55-60H,3-9,14-16,18,20-22,24,26-38H2,1-2H3/b12-10+,13-11+,19-17+,25-23+/t39-,40-,41-,44+,45+,46?,47?,48?,49?,50-,51-/m1/s1. The molecule has 2 aliphatic rings. The van der Waals surface area contributed by atoms with Crippen LogP contribution >= 0.6 is 0 Å². The van der Waals surface area contributed by atoms with Gasteiger partial charge in [0.15, 0.2) is 18.7 Å². The van der Waals surface area contributed by atoms with Gasteiger partial charge in [-0.15, -0.1) is 0 Å². The van der Waals surface area contributed by atoms with Crippen LogP contribution in [0.5, 0.6) is 0 Å². The number of allylic oxidation sites excluding steroid dienone is 8. The van der Waals surface area contributed by atoms with Crippen molar-refractivity contribution >= 4 is 11.9 Å². The maximum atomic E-state index is 13.0. The number of hydrogen-bond acceptors (Lipinski definition) is 15. The lowest BCUT2D eigenvalue weighted by Crippen LogP contribution is -2.61. The van der Waals surface area contributed by atoms with E-state index in [0.29, 0.717) is 12.8 Å². The Labute approximate surface area is 395 Å². The molecule has 2 heterocycles. The predicted octanol–water partition coefficient (Wildman–Crippen LogP) is 6.71. The van der Waals surface area contributed by atoms with Crippen LogP contribution < -0.4 is 0 Å². The zero-order chi connectivity index (χ0) is 48.2. The predicted molar refractivity (Wildman–Crippen MR) is 252 cm³/mol. The zero-order valence-electron chi connectivity index (χ0n) is 40.2. The van der Waals surface area contributed by atoms with Gasteiger partial charge in [0.25, 0.3) is 0 Å². The Hall–Kier alpha value is -2.54. The second-order valence-electron chi connectivity index (χ2n) is 17.6. The average molecular weight is 941 g/mol. The molecule has 66 heavy (non-hydrogen) atoms. The molecule has 0 radical (unpaired) electrons. The summed E-state index contributed by atoms with van der Waals surface area (Å²) in [7, 11) is 0. The molecule has 15 heteroatoms. The lowest BCUT2D eigenvalue weighted by molar-refractivity contribution is -0.332. The first kappa shape index (κ1) is 59.6. The van der Waals surface area contributed by atoms with E-state index in [4.69, 9.17) is 28.4 Å².